The number of rotatable bonds is 12. The molecule has 1 fully saturated rings. The number of nitrogens with zero attached hydrogens (tertiary/aromatic N) is 2. The first kappa shape index (κ1) is 26.9. The number of hydrogen-bond acceptors (Lipinski definition) is 8. The Kier molecular flexibility index (Phi) is 9.91. The molecule has 1 amide bonds. The SMILES string of the molecule is CN1CCN(C(=O)[C@H](OCc2ccccc2)[C@@H](O)[C@H](O)C(O)(C=O)COCc2ccccc2)CC1. The average Bonchev–Trinajstić information content (AvgIpc) is 2.89. The van der Waals surface area contributed by atoms with E-state index in [-0.39, 0.29) is 19.5 Å². The van der Waals surface area contributed by atoms with Gasteiger partial charge in [0.15, 0.2) is 18.0 Å². The Bertz CT molecular complexity index is 922. The number of aldehydes is 1. The Morgan fingerprint density at radius 1 is 0.971 bits per heavy atom. The van der Waals surface area contributed by atoms with Gasteiger partial charge >= 0.3 is 0 Å². The highest BCUT2D eigenvalue weighted by atomic mass is 16.5. The number of aliphatic hydroxyl groups excluding tert-OH is 2. The molecule has 1 saturated heterocycles. The molecule has 1 unspecified atom stereocenters. The molecule has 0 saturated carbocycles. The predicted octanol–water partition coefficient (Wildman–Crippen LogP) is 0.214. The van der Waals surface area contributed by atoms with Crippen LogP contribution in [0.2, 0.25) is 0 Å². The highest BCUT2D eigenvalue weighted by molar-refractivity contribution is 5.82. The van der Waals surface area contributed by atoms with Gasteiger partial charge in [0, 0.05) is 26.2 Å². The molecule has 35 heavy (non-hydrogen) atoms. The molecule has 3 N–H and O–H groups in total. The monoisotopic (exact) mass is 486 g/mol. The van der Waals surface area contributed by atoms with Gasteiger partial charge in [-0.3, -0.25) is 9.59 Å². The van der Waals surface area contributed by atoms with Crippen molar-refractivity contribution in [2.24, 2.45) is 0 Å². The third-order valence-corrected chi connectivity index (χ3v) is 6.13. The van der Waals surface area contributed by atoms with E-state index in [1.54, 1.807) is 17.0 Å². The van der Waals surface area contributed by atoms with Crippen LogP contribution in [-0.2, 0) is 32.3 Å². The van der Waals surface area contributed by atoms with Crippen molar-refractivity contribution in [1.82, 2.24) is 9.80 Å². The largest absolute Gasteiger partial charge is 0.387 e. The van der Waals surface area contributed by atoms with E-state index in [0.717, 1.165) is 11.1 Å². The molecule has 0 bridgehead atoms. The first-order valence-electron chi connectivity index (χ1n) is 11.6. The summed E-state index contributed by atoms with van der Waals surface area (Å²) in [4.78, 5) is 28.7. The first-order chi connectivity index (χ1) is 16.8. The summed E-state index contributed by atoms with van der Waals surface area (Å²) in [7, 11) is 1.95. The third kappa shape index (κ3) is 7.41. The Labute approximate surface area is 205 Å². The average molecular weight is 487 g/mol. The molecule has 2 aromatic carbocycles. The van der Waals surface area contributed by atoms with Crippen molar-refractivity contribution in [3.05, 3.63) is 71.8 Å². The fraction of sp³-hybridized carbons (Fsp3) is 0.462. The highest BCUT2D eigenvalue weighted by Gasteiger charge is 2.46. The zero-order chi connectivity index (χ0) is 25.3. The normalized spacial score (nSPS) is 18.9. The summed E-state index contributed by atoms with van der Waals surface area (Å²) in [6, 6.07) is 18.2. The fourth-order valence-corrected chi connectivity index (χ4v) is 3.84. The van der Waals surface area contributed by atoms with Gasteiger partial charge in [-0.15, -0.1) is 0 Å². The van der Waals surface area contributed by atoms with E-state index in [2.05, 4.69) is 4.90 Å². The van der Waals surface area contributed by atoms with Crippen molar-refractivity contribution >= 4 is 12.2 Å². The lowest BCUT2D eigenvalue weighted by Crippen LogP contribution is -2.61. The minimum absolute atomic E-state index is 0.00120. The van der Waals surface area contributed by atoms with Crippen molar-refractivity contribution in [3.8, 4) is 0 Å². The fourth-order valence-electron chi connectivity index (χ4n) is 3.84. The maximum atomic E-state index is 13.3. The van der Waals surface area contributed by atoms with Crippen LogP contribution in [0.25, 0.3) is 0 Å². The highest BCUT2D eigenvalue weighted by Crippen LogP contribution is 2.20. The van der Waals surface area contributed by atoms with Gasteiger partial charge in [0.2, 0.25) is 0 Å². The minimum atomic E-state index is -2.44. The molecular weight excluding hydrogens is 452 g/mol. The third-order valence-electron chi connectivity index (χ3n) is 6.13. The van der Waals surface area contributed by atoms with Crippen LogP contribution in [-0.4, -0.2) is 101 Å². The van der Waals surface area contributed by atoms with E-state index < -0.39 is 36.4 Å². The van der Waals surface area contributed by atoms with Crippen LogP contribution in [0.15, 0.2) is 60.7 Å². The molecule has 1 heterocycles. The van der Waals surface area contributed by atoms with E-state index in [4.69, 9.17) is 9.47 Å². The van der Waals surface area contributed by atoms with Gasteiger partial charge in [0.1, 0.15) is 12.2 Å². The molecule has 0 radical (unpaired) electrons. The summed E-state index contributed by atoms with van der Waals surface area (Å²) in [5.74, 6) is -0.515. The van der Waals surface area contributed by atoms with E-state index >= 15 is 0 Å². The molecule has 0 aliphatic carbocycles. The van der Waals surface area contributed by atoms with Crippen LogP contribution in [0.3, 0.4) is 0 Å². The number of piperazine rings is 1. The maximum Gasteiger partial charge on any atom is 0.254 e. The minimum Gasteiger partial charge on any atom is -0.387 e. The summed E-state index contributed by atoms with van der Waals surface area (Å²) >= 11 is 0. The van der Waals surface area contributed by atoms with E-state index in [9.17, 15) is 24.9 Å². The van der Waals surface area contributed by atoms with Gasteiger partial charge in [0.25, 0.3) is 5.91 Å². The van der Waals surface area contributed by atoms with Crippen molar-refractivity contribution in [3.63, 3.8) is 0 Å². The van der Waals surface area contributed by atoms with E-state index in [0.29, 0.717) is 26.2 Å². The number of carbonyl (C=O) groups is 2. The predicted molar refractivity (Wildman–Crippen MR) is 128 cm³/mol. The molecular formula is C26H34N2O7. The van der Waals surface area contributed by atoms with Crippen LogP contribution in [0, 0.1) is 0 Å². The molecule has 190 valence electrons. The number of likely N-dealkylation sites (N-methyl/N-ethyl adjacent to an activating group) is 1. The Hall–Kier alpha value is -2.66. The zero-order valence-corrected chi connectivity index (χ0v) is 19.9. The van der Waals surface area contributed by atoms with Crippen LogP contribution in [0.1, 0.15) is 11.1 Å². The lowest BCUT2D eigenvalue weighted by atomic mass is 9.91. The number of aliphatic hydroxyl groups is 3. The second-order valence-electron chi connectivity index (χ2n) is 8.87. The van der Waals surface area contributed by atoms with Crippen molar-refractivity contribution in [2.75, 3.05) is 39.8 Å². The molecule has 9 nitrogen and oxygen atoms in total. The van der Waals surface area contributed by atoms with Gasteiger partial charge < -0.3 is 34.6 Å². The maximum absolute atomic E-state index is 13.3. The summed E-state index contributed by atoms with van der Waals surface area (Å²) < 4.78 is 11.2. The molecule has 0 aromatic heterocycles. The van der Waals surface area contributed by atoms with Crippen LogP contribution < -0.4 is 0 Å². The number of hydrogen-bond donors (Lipinski definition) is 3. The Morgan fingerprint density at radius 2 is 1.51 bits per heavy atom. The Balaban J connectivity index is 1.71. The smallest absolute Gasteiger partial charge is 0.254 e. The number of amides is 1. The molecule has 0 spiro atoms. The van der Waals surface area contributed by atoms with Crippen LogP contribution in [0.4, 0.5) is 0 Å². The Morgan fingerprint density at radius 3 is 2.06 bits per heavy atom. The van der Waals surface area contributed by atoms with Crippen molar-refractivity contribution in [1.29, 1.82) is 0 Å². The van der Waals surface area contributed by atoms with Gasteiger partial charge in [-0.2, -0.15) is 0 Å². The second-order valence-corrected chi connectivity index (χ2v) is 8.87. The topological polar surface area (TPSA) is 120 Å². The molecule has 3 rings (SSSR count). The second kappa shape index (κ2) is 12.9. The van der Waals surface area contributed by atoms with E-state index in [1.807, 2.05) is 55.6 Å². The summed E-state index contributed by atoms with van der Waals surface area (Å²) in [5.41, 5.74) is -0.863. The number of benzene rings is 2. The van der Waals surface area contributed by atoms with Crippen LogP contribution >= 0.6 is 0 Å². The molecule has 4 atom stereocenters. The number of ether oxygens (including phenoxy) is 2. The quantitative estimate of drug-likeness (QED) is 0.365. The molecule has 9 heteroatoms. The lowest BCUT2D eigenvalue weighted by molar-refractivity contribution is -0.190. The standard InChI is InChI=1S/C26H34N2O7/c1-27-12-14-28(15-13-27)25(32)23(35-17-21-10-6-3-7-11-21)22(30)24(31)26(33,18-29)19-34-16-20-8-4-2-5-9-20/h2-11,18,22-24,30-31,33H,12-17,19H2,1H3/t22-,23-,24+,26?/m1/s1. The lowest BCUT2D eigenvalue weighted by Gasteiger charge is -2.38. The summed E-state index contributed by atoms with van der Waals surface area (Å²) in [6.07, 6.45) is -5.26. The van der Waals surface area contributed by atoms with Gasteiger partial charge in [-0.1, -0.05) is 60.7 Å². The molecule has 1 aliphatic heterocycles. The molecule has 1 aliphatic rings. The van der Waals surface area contributed by atoms with Crippen molar-refractivity contribution < 1.29 is 34.4 Å². The van der Waals surface area contributed by atoms with Crippen molar-refractivity contribution in [2.45, 2.75) is 37.1 Å². The first-order valence-corrected chi connectivity index (χ1v) is 11.6. The summed E-state index contributed by atoms with van der Waals surface area (Å²) in [5, 5.41) is 32.6. The summed E-state index contributed by atoms with van der Waals surface area (Å²) in [6.45, 7) is 1.69. The van der Waals surface area contributed by atoms with Gasteiger partial charge in [-0.25, -0.2) is 0 Å². The van der Waals surface area contributed by atoms with Gasteiger partial charge in [-0.05, 0) is 18.2 Å². The zero-order valence-electron chi connectivity index (χ0n) is 19.9. The number of carbonyl (C=O) groups excluding carboxylic acids is 2. The van der Waals surface area contributed by atoms with Crippen LogP contribution in [0.5, 0.6) is 0 Å². The van der Waals surface area contributed by atoms with Gasteiger partial charge in [0.05, 0.1) is 19.8 Å². The molecule has 2 aromatic rings. The van der Waals surface area contributed by atoms with E-state index in [1.165, 1.54) is 0 Å².